The molecule has 1 fully saturated rings. The lowest BCUT2D eigenvalue weighted by atomic mass is 10.1. The van der Waals surface area contributed by atoms with E-state index in [0.717, 1.165) is 25.6 Å². The molecule has 2 rings (SSSR count). The lowest BCUT2D eigenvalue weighted by molar-refractivity contribution is 0.289. The van der Waals surface area contributed by atoms with Crippen LogP contribution in [0.15, 0.2) is 29.3 Å². The van der Waals surface area contributed by atoms with E-state index in [9.17, 15) is 0 Å². The lowest BCUT2D eigenvalue weighted by Gasteiger charge is -2.20. The van der Waals surface area contributed by atoms with Gasteiger partial charge in [0.1, 0.15) is 0 Å². The van der Waals surface area contributed by atoms with E-state index in [-0.39, 0.29) is 24.0 Å². The van der Waals surface area contributed by atoms with Gasteiger partial charge in [-0.05, 0) is 44.0 Å². The van der Waals surface area contributed by atoms with Gasteiger partial charge in [-0.15, -0.1) is 24.0 Å². The fourth-order valence-corrected chi connectivity index (χ4v) is 2.90. The highest BCUT2D eigenvalue weighted by Gasteiger charge is 2.08. The first kappa shape index (κ1) is 20.2. The molecule has 1 aromatic rings. The maximum absolute atomic E-state index is 4.31. The zero-order valence-corrected chi connectivity index (χ0v) is 16.8. The number of nitrogens with zero attached hydrogens (tertiary/aromatic N) is 2. The molecule has 4 nitrogen and oxygen atoms in total. The Kier molecular flexibility index (Phi) is 10.3. The number of guanidine groups is 1. The molecule has 0 aromatic heterocycles. The molecular formula is C18H31IN4. The summed E-state index contributed by atoms with van der Waals surface area (Å²) in [5.74, 6) is 0.887. The summed E-state index contributed by atoms with van der Waals surface area (Å²) < 4.78 is 0. The molecule has 130 valence electrons. The van der Waals surface area contributed by atoms with Crippen molar-refractivity contribution in [1.82, 2.24) is 15.5 Å². The van der Waals surface area contributed by atoms with E-state index in [2.05, 4.69) is 51.7 Å². The Labute approximate surface area is 158 Å². The Bertz CT molecular complexity index is 468. The molecule has 5 heteroatoms. The van der Waals surface area contributed by atoms with E-state index in [1.165, 1.54) is 49.9 Å². The van der Waals surface area contributed by atoms with Crippen molar-refractivity contribution in [1.29, 1.82) is 0 Å². The number of nitrogens with one attached hydrogen (secondary N) is 2. The molecule has 0 bridgehead atoms. The molecule has 0 radical (unpaired) electrons. The second-order valence-corrected chi connectivity index (χ2v) is 6.03. The molecule has 0 unspecified atom stereocenters. The second-order valence-electron chi connectivity index (χ2n) is 6.03. The van der Waals surface area contributed by atoms with Crippen molar-refractivity contribution in [2.75, 3.05) is 33.2 Å². The van der Waals surface area contributed by atoms with Gasteiger partial charge in [-0.3, -0.25) is 4.99 Å². The molecular weight excluding hydrogens is 399 g/mol. The molecule has 1 aromatic carbocycles. The highest BCUT2D eigenvalue weighted by Crippen LogP contribution is 2.08. The van der Waals surface area contributed by atoms with Gasteiger partial charge in [0.15, 0.2) is 5.96 Å². The molecule has 1 aliphatic heterocycles. The molecule has 23 heavy (non-hydrogen) atoms. The van der Waals surface area contributed by atoms with E-state index < -0.39 is 0 Å². The minimum atomic E-state index is 0. The van der Waals surface area contributed by atoms with Crippen molar-refractivity contribution in [2.24, 2.45) is 4.99 Å². The van der Waals surface area contributed by atoms with Crippen LogP contribution in [0.25, 0.3) is 0 Å². The van der Waals surface area contributed by atoms with Crippen LogP contribution in [0.2, 0.25) is 0 Å². The van der Waals surface area contributed by atoms with Gasteiger partial charge in [0.25, 0.3) is 0 Å². The Morgan fingerprint density at radius 3 is 2.43 bits per heavy atom. The predicted molar refractivity (Wildman–Crippen MR) is 110 cm³/mol. The number of aliphatic imine (C=N–C) groups is 1. The van der Waals surface area contributed by atoms with Crippen LogP contribution in [0.1, 0.15) is 36.8 Å². The van der Waals surface area contributed by atoms with Crippen molar-refractivity contribution in [2.45, 2.75) is 39.2 Å². The summed E-state index contributed by atoms with van der Waals surface area (Å²) in [5, 5.41) is 6.82. The van der Waals surface area contributed by atoms with Crippen molar-refractivity contribution < 1.29 is 0 Å². The topological polar surface area (TPSA) is 39.7 Å². The van der Waals surface area contributed by atoms with Crippen LogP contribution < -0.4 is 10.6 Å². The van der Waals surface area contributed by atoms with E-state index in [0.29, 0.717) is 0 Å². The number of halogens is 1. The van der Waals surface area contributed by atoms with Crippen LogP contribution in [0.5, 0.6) is 0 Å². The first-order chi connectivity index (χ1) is 10.8. The molecule has 0 aliphatic carbocycles. The van der Waals surface area contributed by atoms with Gasteiger partial charge in [-0.1, -0.05) is 37.1 Å². The number of hydrogen-bond acceptors (Lipinski definition) is 2. The second kappa shape index (κ2) is 11.7. The van der Waals surface area contributed by atoms with Gasteiger partial charge in [-0.2, -0.15) is 0 Å². The minimum Gasteiger partial charge on any atom is -0.355 e. The largest absolute Gasteiger partial charge is 0.355 e. The quantitative estimate of drug-likeness (QED) is 0.429. The van der Waals surface area contributed by atoms with Crippen molar-refractivity contribution in [3.05, 3.63) is 35.4 Å². The van der Waals surface area contributed by atoms with Crippen LogP contribution in [-0.4, -0.2) is 44.1 Å². The Balaban J connectivity index is 0.00000264. The molecule has 1 heterocycles. The van der Waals surface area contributed by atoms with Gasteiger partial charge >= 0.3 is 0 Å². The normalized spacial score (nSPS) is 16.3. The summed E-state index contributed by atoms with van der Waals surface area (Å²) in [6, 6.07) is 8.46. The van der Waals surface area contributed by atoms with Crippen molar-refractivity contribution in [3.8, 4) is 0 Å². The molecule has 0 atom stereocenters. The summed E-state index contributed by atoms with van der Waals surface area (Å²) in [5.41, 5.74) is 2.63. The van der Waals surface area contributed by atoms with Crippen LogP contribution in [0.3, 0.4) is 0 Å². The molecule has 1 saturated heterocycles. The Morgan fingerprint density at radius 2 is 1.78 bits per heavy atom. The van der Waals surface area contributed by atoms with Gasteiger partial charge in [0, 0.05) is 26.7 Å². The zero-order valence-electron chi connectivity index (χ0n) is 14.5. The van der Waals surface area contributed by atoms with Crippen molar-refractivity contribution >= 4 is 29.9 Å². The first-order valence-corrected chi connectivity index (χ1v) is 8.51. The average molecular weight is 430 g/mol. The van der Waals surface area contributed by atoms with E-state index >= 15 is 0 Å². The number of likely N-dealkylation sites (tertiary alicyclic amines) is 1. The Hall–Kier alpha value is -0.820. The predicted octanol–water partition coefficient (Wildman–Crippen LogP) is 3.15. The third-order valence-electron chi connectivity index (χ3n) is 4.35. The zero-order chi connectivity index (χ0) is 15.6. The summed E-state index contributed by atoms with van der Waals surface area (Å²) in [6.07, 6.45) is 5.48. The standard InChI is InChI=1S/C18H30N4.HI/c1-16-9-5-6-10-17(16)15-21-18(19-2)20-11-14-22-12-7-3-4-8-13-22;/h5-6,9-10H,3-4,7-8,11-15H2,1-2H3,(H2,19,20,21);1H. The maximum atomic E-state index is 4.31. The maximum Gasteiger partial charge on any atom is 0.191 e. The minimum absolute atomic E-state index is 0. The van der Waals surface area contributed by atoms with Crippen LogP contribution in [0.4, 0.5) is 0 Å². The van der Waals surface area contributed by atoms with E-state index in [1.54, 1.807) is 0 Å². The monoisotopic (exact) mass is 430 g/mol. The molecule has 0 saturated carbocycles. The highest BCUT2D eigenvalue weighted by molar-refractivity contribution is 14.0. The summed E-state index contributed by atoms with van der Waals surface area (Å²) in [6.45, 7) is 7.51. The molecule has 2 N–H and O–H groups in total. The fourth-order valence-electron chi connectivity index (χ4n) is 2.90. The van der Waals surface area contributed by atoms with Crippen molar-refractivity contribution in [3.63, 3.8) is 0 Å². The van der Waals surface area contributed by atoms with E-state index in [1.807, 2.05) is 7.05 Å². The SMILES string of the molecule is CN=C(NCCN1CCCCCC1)NCc1ccccc1C.I. The van der Waals surface area contributed by atoms with Gasteiger partial charge < -0.3 is 15.5 Å². The lowest BCUT2D eigenvalue weighted by Crippen LogP contribution is -2.41. The van der Waals surface area contributed by atoms with Gasteiger partial charge in [0.05, 0.1) is 0 Å². The van der Waals surface area contributed by atoms with Crippen LogP contribution in [-0.2, 0) is 6.54 Å². The summed E-state index contributed by atoms with van der Waals surface area (Å²) >= 11 is 0. The number of hydrogen-bond donors (Lipinski definition) is 2. The number of rotatable bonds is 5. The molecule has 0 amide bonds. The van der Waals surface area contributed by atoms with Gasteiger partial charge in [0.2, 0.25) is 0 Å². The third-order valence-corrected chi connectivity index (χ3v) is 4.35. The molecule has 1 aliphatic rings. The molecule has 0 spiro atoms. The van der Waals surface area contributed by atoms with Crippen LogP contribution >= 0.6 is 24.0 Å². The van der Waals surface area contributed by atoms with E-state index in [4.69, 9.17) is 0 Å². The fraction of sp³-hybridized carbons (Fsp3) is 0.611. The number of benzene rings is 1. The first-order valence-electron chi connectivity index (χ1n) is 8.51. The number of aryl methyl sites for hydroxylation is 1. The third kappa shape index (κ3) is 7.52. The Morgan fingerprint density at radius 1 is 1.09 bits per heavy atom. The summed E-state index contributed by atoms with van der Waals surface area (Å²) in [7, 11) is 1.83. The van der Waals surface area contributed by atoms with Crippen LogP contribution in [0, 0.1) is 6.92 Å². The summed E-state index contributed by atoms with van der Waals surface area (Å²) in [4.78, 5) is 6.87. The smallest absolute Gasteiger partial charge is 0.191 e. The average Bonchev–Trinajstić information content (AvgIpc) is 2.81. The van der Waals surface area contributed by atoms with Gasteiger partial charge in [-0.25, -0.2) is 0 Å². The highest BCUT2D eigenvalue weighted by atomic mass is 127.